The first-order valence-electron chi connectivity index (χ1n) is 5.67. The van der Waals surface area contributed by atoms with Gasteiger partial charge in [-0.3, -0.25) is 9.59 Å². The van der Waals surface area contributed by atoms with Crippen molar-refractivity contribution < 1.29 is 14.7 Å². The van der Waals surface area contributed by atoms with Gasteiger partial charge in [-0.1, -0.05) is 6.92 Å². The first-order chi connectivity index (χ1) is 8.43. The minimum Gasteiger partial charge on any atom is -0.478 e. The number of carboxylic acid groups (broad SMARTS) is 1. The van der Waals surface area contributed by atoms with E-state index in [0.717, 1.165) is 12.5 Å². The summed E-state index contributed by atoms with van der Waals surface area (Å²) in [5, 5.41) is 11.4. The highest BCUT2D eigenvalue weighted by Gasteiger charge is 2.09. The van der Waals surface area contributed by atoms with E-state index >= 15 is 0 Å². The zero-order valence-electron chi connectivity index (χ0n) is 10.3. The molecule has 2 N–H and O–H groups in total. The second kappa shape index (κ2) is 6.00. The van der Waals surface area contributed by atoms with Crippen molar-refractivity contribution in [2.75, 3.05) is 0 Å². The van der Waals surface area contributed by atoms with Crippen LogP contribution < -0.4 is 10.9 Å². The average Bonchev–Trinajstić information content (AvgIpc) is 2.31. The van der Waals surface area contributed by atoms with Crippen LogP contribution in [0.5, 0.6) is 0 Å². The zero-order chi connectivity index (χ0) is 13.7. The van der Waals surface area contributed by atoms with Gasteiger partial charge in [0.1, 0.15) is 6.54 Å². The van der Waals surface area contributed by atoms with Crippen LogP contribution in [-0.2, 0) is 11.3 Å². The molecule has 0 radical (unpaired) electrons. The average molecular weight is 252 g/mol. The van der Waals surface area contributed by atoms with Crippen LogP contribution in [0.3, 0.4) is 0 Å². The second-order valence-electron chi connectivity index (χ2n) is 4.06. The van der Waals surface area contributed by atoms with E-state index < -0.39 is 11.5 Å². The topological polar surface area (TPSA) is 88.4 Å². The first kappa shape index (κ1) is 14.0. The molecule has 6 heteroatoms. The van der Waals surface area contributed by atoms with Gasteiger partial charge in [0.15, 0.2) is 0 Å². The standard InChI is InChI=1S/C12H16N2O4/c1-3-8(2)13-10(15)7-14-5-4-9(12(17)18)6-11(14)16/h4-6,8H,3,7H2,1-2H3,(H,13,15)(H,17,18). The Labute approximate surface area is 104 Å². The maximum Gasteiger partial charge on any atom is 0.335 e. The van der Waals surface area contributed by atoms with Crippen molar-refractivity contribution in [3.05, 3.63) is 34.2 Å². The SMILES string of the molecule is CCC(C)NC(=O)Cn1ccc(C(=O)O)cc1=O. The minimum absolute atomic E-state index is 0.0477. The Morgan fingerprint density at radius 2 is 2.17 bits per heavy atom. The lowest BCUT2D eigenvalue weighted by molar-refractivity contribution is -0.122. The van der Waals surface area contributed by atoms with E-state index in [9.17, 15) is 14.4 Å². The van der Waals surface area contributed by atoms with E-state index in [1.54, 1.807) is 0 Å². The molecule has 0 spiro atoms. The summed E-state index contributed by atoms with van der Waals surface area (Å²) in [6, 6.07) is 2.34. The maximum atomic E-state index is 11.6. The van der Waals surface area contributed by atoms with Crippen LogP contribution >= 0.6 is 0 Å². The van der Waals surface area contributed by atoms with Crippen LogP contribution in [0.1, 0.15) is 30.6 Å². The molecule has 0 aliphatic heterocycles. The summed E-state index contributed by atoms with van der Waals surface area (Å²) < 4.78 is 1.17. The number of carbonyl (C=O) groups is 2. The van der Waals surface area contributed by atoms with Gasteiger partial charge in [0, 0.05) is 18.3 Å². The van der Waals surface area contributed by atoms with Gasteiger partial charge in [-0.2, -0.15) is 0 Å². The van der Waals surface area contributed by atoms with Crippen LogP contribution in [0.4, 0.5) is 0 Å². The number of rotatable bonds is 5. The lowest BCUT2D eigenvalue weighted by Gasteiger charge is -2.12. The molecule has 6 nitrogen and oxygen atoms in total. The number of nitrogens with one attached hydrogen (secondary N) is 1. The number of carbonyl (C=O) groups excluding carboxylic acids is 1. The third-order valence-corrected chi connectivity index (χ3v) is 2.58. The Hall–Kier alpha value is -2.11. The monoisotopic (exact) mass is 252 g/mol. The smallest absolute Gasteiger partial charge is 0.335 e. The molecule has 0 saturated carbocycles. The van der Waals surface area contributed by atoms with E-state index in [0.29, 0.717) is 0 Å². The summed E-state index contributed by atoms with van der Waals surface area (Å²) in [7, 11) is 0. The van der Waals surface area contributed by atoms with Crippen LogP contribution in [0.15, 0.2) is 23.1 Å². The Morgan fingerprint density at radius 1 is 1.50 bits per heavy atom. The van der Waals surface area contributed by atoms with E-state index in [4.69, 9.17) is 5.11 Å². The zero-order valence-corrected chi connectivity index (χ0v) is 10.3. The van der Waals surface area contributed by atoms with Crippen LogP contribution in [0.25, 0.3) is 0 Å². The largest absolute Gasteiger partial charge is 0.478 e. The number of pyridine rings is 1. The molecule has 0 fully saturated rings. The van der Waals surface area contributed by atoms with Crippen molar-refractivity contribution in [3.8, 4) is 0 Å². The fourth-order valence-electron chi connectivity index (χ4n) is 1.35. The molecule has 0 aliphatic rings. The lowest BCUT2D eigenvalue weighted by Crippen LogP contribution is -2.37. The highest BCUT2D eigenvalue weighted by Crippen LogP contribution is 1.95. The number of amides is 1. The molecule has 18 heavy (non-hydrogen) atoms. The fourth-order valence-corrected chi connectivity index (χ4v) is 1.35. The van der Waals surface area contributed by atoms with Crippen LogP contribution in [0.2, 0.25) is 0 Å². The van der Waals surface area contributed by atoms with Crippen molar-refractivity contribution in [2.45, 2.75) is 32.9 Å². The van der Waals surface area contributed by atoms with Gasteiger partial charge in [0.2, 0.25) is 5.91 Å². The van der Waals surface area contributed by atoms with E-state index in [1.807, 2.05) is 13.8 Å². The molecular weight excluding hydrogens is 236 g/mol. The molecule has 1 aromatic heterocycles. The van der Waals surface area contributed by atoms with Crippen molar-refractivity contribution in [2.24, 2.45) is 0 Å². The molecule has 98 valence electrons. The second-order valence-corrected chi connectivity index (χ2v) is 4.06. The van der Waals surface area contributed by atoms with Crippen molar-refractivity contribution in [1.82, 2.24) is 9.88 Å². The van der Waals surface area contributed by atoms with Gasteiger partial charge in [-0.25, -0.2) is 4.79 Å². The van der Waals surface area contributed by atoms with E-state index in [2.05, 4.69) is 5.32 Å². The number of hydrogen-bond acceptors (Lipinski definition) is 3. The summed E-state index contributed by atoms with van der Waals surface area (Å²) >= 11 is 0. The molecule has 1 unspecified atom stereocenters. The summed E-state index contributed by atoms with van der Waals surface area (Å²) in [6.45, 7) is 3.70. The summed E-state index contributed by atoms with van der Waals surface area (Å²) in [4.78, 5) is 33.8. The number of aromatic carboxylic acids is 1. The van der Waals surface area contributed by atoms with E-state index in [1.165, 1.54) is 16.8 Å². The lowest BCUT2D eigenvalue weighted by atomic mass is 10.2. The maximum absolute atomic E-state index is 11.6. The van der Waals surface area contributed by atoms with Crippen molar-refractivity contribution in [1.29, 1.82) is 0 Å². The molecule has 1 aromatic rings. The van der Waals surface area contributed by atoms with E-state index in [-0.39, 0.29) is 24.1 Å². The number of carboxylic acids is 1. The van der Waals surface area contributed by atoms with Crippen LogP contribution in [0, 0.1) is 0 Å². The number of hydrogen-bond donors (Lipinski definition) is 2. The first-order valence-corrected chi connectivity index (χ1v) is 5.67. The third kappa shape index (κ3) is 3.73. The van der Waals surface area contributed by atoms with Crippen LogP contribution in [-0.4, -0.2) is 27.6 Å². The molecule has 1 atom stereocenters. The highest BCUT2D eigenvalue weighted by atomic mass is 16.4. The summed E-state index contributed by atoms with van der Waals surface area (Å²) in [6.07, 6.45) is 2.11. The van der Waals surface area contributed by atoms with Gasteiger partial charge in [0.25, 0.3) is 5.56 Å². The Kier molecular flexibility index (Phi) is 4.65. The molecule has 1 amide bonds. The number of nitrogens with zero attached hydrogens (tertiary/aromatic N) is 1. The molecular formula is C12H16N2O4. The Bertz CT molecular complexity index is 507. The fraction of sp³-hybridized carbons (Fsp3) is 0.417. The molecule has 0 bridgehead atoms. The van der Waals surface area contributed by atoms with Crippen molar-refractivity contribution >= 4 is 11.9 Å². The summed E-state index contributed by atoms with van der Waals surface area (Å²) in [5.41, 5.74) is -0.590. The molecule has 1 heterocycles. The van der Waals surface area contributed by atoms with Gasteiger partial charge in [-0.05, 0) is 19.4 Å². The highest BCUT2D eigenvalue weighted by molar-refractivity contribution is 5.87. The summed E-state index contributed by atoms with van der Waals surface area (Å²) in [5.74, 6) is -1.43. The van der Waals surface area contributed by atoms with Gasteiger partial charge in [-0.15, -0.1) is 0 Å². The normalized spacial score (nSPS) is 11.9. The van der Waals surface area contributed by atoms with Crippen molar-refractivity contribution in [3.63, 3.8) is 0 Å². The van der Waals surface area contributed by atoms with Gasteiger partial charge >= 0.3 is 5.97 Å². The molecule has 0 aromatic carbocycles. The predicted octanol–water partition coefficient (Wildman–Crippen LogP) is 0.461. The quantitative estimate of drug-likeness (QED) is 0.796. The Balaban J connectivity index is 2.77. The minimum atomic E-state index is -1.16. The van der Waals surface area contributed by atoms with Gasteiger partial charge in [0.05, 0.1) is 5.56 Å². The Morgan fingerprint density at radius 3 is 2.67 bits per heavy atom. The van der Waals surface area contributed by atoms with Gasteiger partial charge < -0.3 is 15.0 Å². The number of aromatic nitrogens is 1. The molecule has 1 rings (SSSR count). The molecule has 0 aliphatic carbocycles. The molecule has 0 saturated heterocycles. The third-order valence-electron chi connectivity index (χ3n) is 2.58. The predicted molar refractivity (Wildman–Crippen MR) is 65.6 cm³/mol.